The van der Waals surface area contributed by atoms with Gasteiger partial charge in [0.2, 0.25) is 0 Å². The summed E-state index contributed by atoms with van der Waals surface area (Å²) in [7, 11) is 0. The summed E-state index contributed by atoms with van der Waals surface area (Å²) in [5, 5.41) is 6.96. The van der Waals surface area contributed by atoms with Crippen LogP contribution >= 0.6 is 11.3 Å². The zero-order chi connectivity index (χ0) is 12.6. The molecule has 2 unspecified atom stereocenters. The van der Waals surface area contributed by atoms with Crippen LogP contribution in [0.15, 0.2) is 5.38 Å². The van der Waals surface area contributed by atoms with Crippen LogP contribution in [0.3, 0.4) is 0 Å². The van der Waals surface area contributed by atoms with E-state index < -0.39 is 0 Å². The molecule has 0 amide bonds. The number of nitrogens with zero attached hydrogens (tertiary/aromatic N) is 2. The molecule has 0 saturated carbocycles. The van der Waals surface area contributed by atoms with E-state index in [4.69, 9.17) is 4.98 Å². The van der Waals surface area contributed by atoms with Crippen molar-refractivity contribution in [3.05, 3.63) is 16.1 Å². The SMILES string of the molecule is Cc1nc(C2CCCN2CC2(C)CCNC2)cs1. The first kappa shape index (κ1) is 12.6. The summed E-state index contributed by atoms with van der Waals surface area (Å²) in [5.41, 5.74) is 1.78. The minimum Gasteiger partial charge on any atom is -0.316 e. The number of thiazole rings is 1. The molecule has 0 bridgehead atoms. The quantitative estimate of drug-likeness (QED) is 0.910. The van der Waals surface area contributed by atoms with Crippen molar-refractivity contribution < 1.29 is 0 Å². The number of rotatable bonds is 3. The lowest BCUT2D eigenvalue weighted by Gasteiger charge is -2.32. The van der Waals surface area contributed by atoms with Crippen LogP contribution in [-0.4, -0.2) is 36.1 Å². The van der Waals surface area contributed by atoms with Crippen molar-refractivity contribution in [1.82, 2.24) is 15.2 Å². The molecule has 3 nitrogen and oxygen atoms in total. The topological polar surface area (TPSA) is 28.2 Å². The molecule has 18 heavy (non-hydrogen) atoms. The summed E-state index contributed by atoms with van der Waals surface area (Å²) in [6.45, 7) is 9.36. The second-order valence-corrected chi connectivity index (χ2v) is 7.22. The molecule has 100 valence electrons. The molecule has 1 aromatic rings. The van der Waals surface area contributed by atoms with E-state index in [1.807, 2.05) is 0 Å². The van der Waals surface area contributed by atoms with Crippen LogP contribution in [0.4, 0.5) is 0 Å². The summed E-state index contributed by atoms with van der Waals surface area (Å²) in [5.74, 6) is 0. The van der Waals surface area contributed by atoms with Crippen molar-refractivity contribution in [3.8, 4) is 0 Å². The standard InChI is InChI=1S/C14H23N3S/c1-11-16-12(8-18-11)13-4-3-7-17(13)10-14(2)5-6-15-9-14/h8,13,15H,3-7,9-10H2,1-2H3. The molecule has 0 spiro atoms. The van der Waals surface area contributed by atoms with Gasteiger partial charge in [-0.3, -0.25) is 4.90 Å². The van der Waals surface area contributed by atoms with E-state index in [2.05, 4.69) is 29.4 Å². The van der Waals surface area contributed by atoms with Gasteiger partial charge in [0.15, 0.2) is 0 Å². The van der Waals surface area contributed by atoms with E-state index in [0.29, 0.717) is 11.5 Å². The molecule has 4 heteroatoms. The van der Waals surface area contributed by atoms with Crippen LogP contribution < -0.4 is 5.32 Å². The fourth-order valence-corrected chi connectivity index (χ4v) is 4.04. The Bertz CT molecular complexity index is 409. The minimum atomic E-state index is 0.466. The Balaban J connectivity index is 1.71. The number of nitrogens with one attached hydrogen (secondary N) is 1. The van der Waals surface area contributed by atoms with Crippen LogP contribution in [0, 0.1) is 12.3 Å². The molecule has 0 aliphatic carbocycles. The van der Waals surface area contributed by atoms with Crippen molar-refractivity contribution in [2.24, 2.45) is 5.41 Å². The first-order chi connectivity index (χ1) is 8.66. The van der Waals surface area contributed by atoms with Crippen molar-refractivity contribution >= 4 is 11.3 Å². The second-order valence-electron chi connectivity index (χ2n) is 6.16. The molecule has 3 rings (SSSR count). The highest BCUT2D eigenvalue weighted by Crippen LogP contribution is 2.36. The summed E-state index contributed by atoms with van der Waals surface area (Å²) in [6.07, 6.45) is 3.92. The maximum absolute atomic E-state index is 4.70. The summed E-state index contributed by atoms with van der Waals surface area (Å²) in [6, 6.07) is 0.576. The number of likely N-dealkylation sites (tertiary alicyclic amines) is 1. The van der Waals surface area contributed by atoms with Gasteiger partial charge in [0.25, 0.3) is 0 Å². The average molecular weight is 265 g/mol. The van der Waals surface area contributed by atoms with E-state index in [-0.39, 0.29) is 0 Å². The Labute approximate surface area is 114 Å². The monoisotopic (exact) mass is 265 g/mol. The predicted molar refractivity (Wildman–Crippen MR) is 76.0 cm³/mol. The fraction of sp³-hybridized carbons (Fsp3) is 0.786. The Morgan fingerprint density at radius 1 is 1.61 bits per heavy atom. The average Bonchev–Trinajstić information content (AvgIpc) is 3.01. The van der Waals surface area contributed by atoms with Gasteiger partial charge < -0.3 is 5.32 Å². The maximum atomic E-state index is 4.70. The van der Waals surface area contributed by atoms with Crippen molar-refractivity contribution in [1.29, 1.82) is 0 Å². The van der Waals surface area contributed by atoms with E-state index in [9.17, 15) is 0 Å². The van der Waals surface area contributed by atoms with Crippen molar-refractivity contribution in [3.63, 3.8) is 0 Å². The van der Waals surface area contributed by atoms with E-state index in [1.54, 1.807) is 11.3 Å². The Kier molecular flexibility index (Phi) is 3.43. The molecule has 2 aliphatic rings. The lowest BCUT2D eigenvalue weighted by Crippen LogP contribution is -2.37. The highest BCUT2D eigenvalue weighted by Gasteiger charge is 2.36. The Morgan fingerprint density at radius 2 is 2.50 bits per heavy atom. The Morgan fingerprint density at radius 3 is 3.17 bits per heavy atom. The van der Waals surface area contributed by atoms with Gasteiger partial charge >= 0.3 is 0 Å². The number of hydrogen-bond acceptors (Lipinski definition) is 4. The number of aromatic nitrogens is 1. The molecule has 1 aromatic heterocycles. The normalized spacial score (nSPS) is 33.3. The van der Waals surface area contributed by atoms with Gasteiger partial charge in [-0.2, -0.15) is 0 Å². The van der Waals surface area contributed by atoms with Gasteiger partial charge in [0.1, 0.15) is 0 Å². The van der Waals surface area contributed by atoms with Crippen LogP contribution in [-0.2, 0) is 0 Å². The smallest absolute Gasteiger partial charge is 0.0898 e. The zero-order valence-corrected chi connectivity index (χ0v) is 12.2. The summed E-state index contributed by atoms with van der Waals surface area (Å²) < 4.78 is 0. The third-order valence-corrected chi connectivity index (χ3v) is 5.18. The first-order valence-electron chi connectivity index (χ1n) is 7.03. The van der Waals surface area contributed by atoms with Gasteiger partial charge in [-0.15, -0.1) is 11.3 Å². The van der Waals surface area contributed by atoms with E-state index in [0.717, 1.165) is 0 Å². The number of hydrogen-bond donors (Lipinski definition) is 1. The fourth-order valence-electron chi connectivity index (χ4n) is 3.38. The van der Waals surface area contributed by atoms with E-state index >= 15 is 0 Å². The van der Waals surface area contributed by atoms with E-state index in [1.165, 1.54) is 56.1 Å². The van der Waals surface area contributed by atoms with Crippen LogP contribution in [0.5, 0.6) is 0 Å². The summed E-state index contributed by atoms with van der Waals surface area (Å²) in [4.78, 5) is 7.37. The molecule has 2 atom stereocenters. The van der Waals surface area contributed by atoms with Crippen molar-refractivity contribution in [2.45, 2.75) is 39.2 Å². The van der Waals surface area contributed by atoms with Crippen LogP contribution in [0.2, 0.25) is 0 Å². The first-order valence-corrected chi connectivity index (χ1v) is 7.91. The lowest BCUT2D eigenvalue weighted by molar-refractivity contribution is 0.163. The molecule has 3 heterocycles. The van der Waals surface area contributed by atoms with Gasteiger partial charge in [-0.25, -0.2) is 4.98 Å². The maximum Gasteiger partial charge on any atom is 0.0898 e. The molecular weight excluding hydrogens is 242 g/mol. The lowest BCUT2D eigenvalue weighted by atomic mass is 9.89. The molecule has 0 radical (unpaired) electrons. The van der Waals surface area contributed by atoms with Gasteiger partial charge in [-0.05, 0) is 44.7 Å². The van der Waals surface area contributed by atoms with Gasteiger partial charge in [0.05, 0.1) is 16.7 Å². The molecule has 2 aliphatic heterocycles. The molecule has 1 N–H and O–H groups in total. The molecular formula is C14H23N3S. The highest BCUT2D eigenvalue weighted by molar-refractivity contribution is 7.09. The van der Waals surface area contributed by atoms with Crippen LogP contribution in [0.1, 0.15) is 42.9 Å². The summed E-state index contributed by atoms with van der Waals surface area (Å²) >= 11 is 1.79. The zero-order valence-electron chi connectivity index (χ0n) is 11.4. The second kappa shape index (κ2) is 4.91. The third-order valence-electron chi connectivity index (χ3n) is 4.38. The predicted octanol–water partition coefficient (Wildman–Crippen LogP) is 2.59. The number of aryl methyl sites for hydroxylation is 1. The van der Waals surface area contributed by atoms with Gasteiger partial charge in [0, 0.05) is 18.5 Å². The van der Waals surface area contributed by atoms with Crippen LogP contribution in [0.25, 0.3) is 0 Å². The Hall–Kier alpha value is -0.450. The molecule has 0 aromatic carbocycles. The largest absolute Gasteiger partial charge is 0.316 e. The van der Waals surface area contributed by atoms with Crippen molar-refractivity contribution in [2.75, 3.05) is 26.2 Å². The molecule has 2 saturated heterocycles. The van der Waals surface area contributed by atoms with Gasteiger partial charge in [-0.1, -0.05) is 6.92 Å². The molecule has 2 fully saturated rings. The third kappa shape index (κ3) is 2.46. The highest BCUT2D eigenvalue weighted by atomic mass is 32.1. The minimum absolute atomic E-state index is 0.466.